The van der Waals surface area contributed by atoms with Crippen LogP contribution in [0.4, 0.5) is 0 Å². The van der Waals surface area contributed by atoms with Crippen LogP contribution in [0, 0.1) is 0 Å². The van der Waals surface area contributed by atoms with Crippen LogP contribution in [0.25, 0.3) is 0 Å². The van der Waals surface area contributed by atoms with Crippen molar-refractivity contribution >= 4 is 47.2 Å². The predicted octanol–water partition coefficient (Wildman–Crippen LogP) is 0.683. The first-order chi connectivity index (χ1) is 20.2. The van der Waals surface area contributed by atoms with Crippen LogP contribution < -0.4 is 15.4 Å². The molecule has 0 radical (unpaired) electrons. The number of amides is 3. The topological polar surface area (TPSA) is 189 Å². The maximum atomic E-state index is 13.4. The number of aryl methyl sites for hydroxylation is 1. The van der Waals surface area contributed by atoms with Crippen molar-refractivity contribution in [2.75, 3.05) is 18.1 Å². The Kier molecular flexibility index (Phi) is 8.63. The number of nitrogens with one attached hydrogen (secondary N) is 2. The van der Waals surface area contributed by atoms with Gasteiger partial charge in [0.2, 0.25) is 11.1 Å². The molecule has 218 valence electrons. The molecule has 16 heteroatoms. The number of carboxylic acids is 1. The number of fused-ring (bicyclic) bond motifs is 1. The zero-order valence-corrected chi connectivity index (χ0v) is 23.7. The number of carbonyl (C=O) groups excluding carboxylic acids is 3. The van der Waals surface area contributed by atoms with Gasteiger partial charge in [-0.3, -0.25) is 19.3 Å². The van der Waals surface area contributed by atoms with Crippen LogP contribution in [-0.2, 0) is 26.2 Å². The summed E-state index contributed by atoms with van der Waals surface area (Å²) in [5.74, 6) is -2.53. The average Bonchev–Trinajstić information content (AvgIpc) is 3.41. The highest BCUT2D eigenvalue weighted by Gasteiger charge is 2.54. The van der Waals surface area contributed by atoms with E-state index in [4.69, 9.17) is 4.74 Å². The molecule has 5 rings (SSSR count). The first-order valence-corrected chi connectivity index (χ1v) is 14.6. The number of ether oxygens (including phenoxy) is 1. The number of tetrazole rings is 1. The third kappa shape index (κ3) is 6.03. The number of β-lactam (4-membered cyclic amide) rings is 1. The van der Waals surface area contributed by atoms with E-state index in [1.165, 1.54) is 45.2 Å². The molecule has 1 aromatic heterocycles. The van der Waals surface area contributed by atoms with E-state index in [0.717, 1.165) is 0 Å². The predicted molar refractivity (Wildman–Crippen MR) is 150 cm³/mol. The van der Waals surface area contributed by atoms with Gasteiger partial charge in [-0.15, -0.1) is 16.9 Å². The van der Waals surface area contributed by atoms with Crippen LogP contribution in [0.3, 0.4) is 0 Å². The van der Waals surface area contributed by atoms with Gasteiger partial charge in [0, 0.05) is 18.6 Å². The number of phenolic OH excluding ortho intramolecular Hbond substituents is 1. The van der Waals surface area contributed by atoms with Gasteiger partial charge in [-0.25, -0.2) is 9.48 Å². The van der Waals surface area contributed by atoms with Crippen LogP contribution >= 0.6 is 23.5 Å². The quantitative estimate of drug-likeness (QED) is 0.176. The summed E-state index contributed by atoms with van der Waals surface area (Å²) in [6.07, 6.45) is 0. The minimum Gasteiger partial charge on any atom is -0.504 e. The standard InChI is InChI=1S/C26H25N7O7S2/c1-32-26(29-30-31-32)42-13-15-12-41-24-20(23(37)33(24)21(15)25(38)39)28-22(36)19(14-7-3-2-4-8-14)27-18(35)11-40-17-10-6-5-9-16(17)34/h2-10,19-20,24,34H,11-13H2,1H3,(H,27,35)(H,28,36)(H,38,39)/t19-,20?,24-/m0/s1. The maximum absolute atomic E-state index is 13.4. The number of thioether (sulfide) groups is 2. The molecule has 1 saturated heterocycles. The number of aliphatic carboxylic acids is 1. The van der Waals surface area contributed by atoms with Gasteiger partial charge in [0.1, 0.15) is 23.2 Å². The van der Waals surface area contributed by atoms with Gasteiger partial charge in [0.25, 0.3) is 11.8 Å². The Morgan fingerprint density at radius 3 is 2.60 bits per heavy atom. The summed E-state index contributed by atoms with van der Waals surface area (Å²) in [6, 6.07) is 12.5. The summed E-state index contributed by atoms with van der Waals surface area (Å²) >= 11 is 2.58. The van der Waals surface area contributed by atoms with Gasteiger partial charge in [0.15, 0.2) is 18.1 Å². The Balaban J connectivity index is 1.27. The smallest absolute Gasteiger partial charge is 0.352 e. The number of aromatic nitrogens is 4. The van der Waals surface area contributed by atoms with Crippen molar-refractivity contribution in [3.8, 4) is 11.5 Å². The van der Waals surface area contributed by atoms with E-state index in [-0.39, 0.29) is 22.9 Å². The molecule has 3 amide bonds. The number of rotatable bonds is 11. The zero-order valence-electron chi connectivity index (χ0n) is 22.0. The Hall–Kier alpha value is -4.57. The van der Waals surface area contributed by atoms with Crippen molar-refractivity contribution in [1.29, 1.82) is 0 Å². The van der Waals surface area contributed by atoms with E-state index >= 15 is 0 Å². The molecule has 3 aromatic rings. The number of para-hydroxylation sites is 2. The van der Waals surface area contributed by atoms with Crippen LogP contribution in [0.2, 0.25) is 0 Å². The molecule has 14 nitrogen and oxygen atoms in total. The second-order valence-electron chi connectivity index (χ2n) is 9.19. The Bertz CT molecular complexity index is 1550. The second-order valence-corrected chi connectivity index (χ2v) is 11.2. The average molecular weight is 612 g/mol. The Morgan fingerprint density at radius 2 is 1.90 bits per heavy atom. The summed E-state index contributed by atoms with van der Waals surface area (Å²) in [6.45, 7) is -0.471. The van der Waals surface area contributed by atoms with Crippen LogP contribution in [-0.4, -0.2) is 88.5 Å². The molecule has 2 aromatic carbocycles. The number of aromatic hydroxyl groups is 1. The van der Waals surface area contributed by atoms with E-state index in [0.29, 0.717) is 22.0 Å². The molecule has 42 heavy (non-hydrogen) atoms. The van der Waals surface area contributed by atoms with E-state index < -0.39 is 47.8 Å². The molecule has 3 atom stereocenters. The molecular weight excluding hydrogens is 586 g/mol. The summed E-state index contributed by atoms with van der Waals surface area (Å²) in [5.41, 5.74) is 0.884. The highest BCUT2D eigenvalue weighted by molar-refractivity contribution is 8.01. The zero-order chi connectivity index (χ0) is 29.8. The molecule has 0 bridgehead atoms. The lowest BCUT2D eigenvalue weighted by molar-refractivity contribution is -0.151. The molecule has 2 aliphatic heterocycles. The summed E-state index contributed by atoms with van der Waals surface area (Å²) in [4.78, 5) is 52.7. The van der Waals surface area contributed by atoms with Crippen LogP contribution in [0.1, 0.15) is 11.6 Å². The van der Waals surface area contributed by atoms with E-state index in [1.54, 1.807) is 49.5 Å². The fourth-order valence-corrected chi connectivity index (χ4v) is 6.73. The molecule has 1 unspecified atom stereocenters. The van der Waals surface area contributed by atoms with E-state index in [9.17, 15) is 29.4 Å². The van der Waals surface area contributed by atoms with E-state index in [2.05, 4.69) is 26.2 Å². The van der Waals surface area contributed by atoms with Gasteiger partial charge in [-0.2, -0.15) is 0 Å². The van der Waals surface area contributed by atoms with Crippen molar-refractivity contribution in [2.24, 2.45) is 7.05 Å². The minimum absolute atomic E-state index is 0.108. The number of hydrogen-bond acceptors (Lipinski definition) is 11. The minimum atomic E-state index is -1.25. The molecular formula is C26H25N7O7S2. The number of phenols is 1. The van der Waals surface area contributed by atoms with Crippen molar-refractivity contribution < 1.29 is 34.1 Å². The van der Waals surface area contributed by atoms with Crippen LogP contribution in [0.5, 0.6) is 11.5 Å². The van der Waals surface area contributed by atoms with Gasteiger partial charge < -0.3 is 25.6 Å². The SMILES string of the molecule is Cn1nnnc1SCC1=C(C(=O)O)N2C(=O)C(NC(=O)[C@@H](NC(=O)COc3ccccc3O)c3ccccc3)[C@@H]2SC1. The third-order valence-corrected chi connectivity index (χ3v) is 8.87. The third-order valence-electron chi connectivity index (χ3n) is 6.43. The fraction of sp³-hybridized carbons (Fsp3) is 0.269. The highest BCUT2D eigenvalue weighted by Crippen LogP contribution is 2.41. The lowest BCUT2D eigenvalue weighted by Crippen LogP contribution is -2.71. The first kappa shape index (κ1) is 28.9. The summed E-state index contributed by atoms with van der Waals surface area (Å²) in [7, 11) is 1.67. The second kappa shape index (κ2) is 12.5. The lowest BCUT2D eigenvalue weighted by Gasteiger charge is -2.49. The van der Waals surface area contributed by atoms with Crippen molar-refractivity contribution in [1.82, 2.24) is 35.7 Å². The Morgan fingerprint density at radius 1 is 1.17 bits per heavy atom. The molecule has 0 aliphatic carbocycles. The number of nitrogens with zero attached hydrogens (tertiary/aromatic N) is 5. The maximum Gasteiger partial charge on any atom is 0.352 e. The number of benzene rings is 2. The van der Waals surface area contributed by atoms with E-state index in [1.807, 2.05) is 0 Å². The summed E-state index contributed by atoms with van der Waals surface area (Å²) < 4.78 is 6.84. The monoisotopic (exact) mass is 611 g/mol. The number of carbonyl (C=O) groups is 4. The molecule has 0 spiro atoms. The van der Waals surface area contributed by atoms with Gasteiger partial charge >= 0.3 is 5.97 Å². The highest BCUT2D eigenvalue weighted by atomic mass is 32.2. The van der Waals surface area contributed by atoms with Gasteiger partial charge in [-0.05, 0) is 33.7 Å². The lowest BCUT2D eigenvalue weighted by atomic mass is 10.0. The number of carboxylic acid groups (broad SMARTS) is 1. The molecule has 1 fully saturated rings. The van der Waals surface area contributed by atoms with Crippen LogP contribution in [0.15, 0.2) is 71.0 Å². The largest absolute Gasteiger partial charge is 0.504 e. The molecule has 3 heterocycles. The fourth-order valence-electron chi connectivity index (χ4n) is 4.40. The Labute approximate surface area is 247 Å². The van der Waals surface area contributed by atoms with Gasteiger partial charge in [0.05, 0.1) is 0 Å². The van der Waals surface area contributed by atoms with Crippen molar-refractivity contribution in [2.45, 2.75) is 22.6 Å². The molecule has 4 N–H and O–H groups in total. The number of hydrogen-bond donors (Lipinski definition) is 4. The van der Waals surface area contributed by atoms with Gasteiger partial charge in [-0.1, -0.05) is 54.2 Å². The molecule has 2 aliphatic rings. The van der Waals surface area contributed by atoms with Crippen molar-refractivity contribution in [3.05, 3.63) is 71.4 Å². The normalized spacial score (nSPS) is 18.5. The first-order valence-electron chi connectivity index (χ1n) is 12.5. The molecule has 0 saturated carbocycles. The van der Waals surface area contributed by atoms with Crippen molar-refractivity contribution in [3.63, 3.8) is 0 Å². The summed E-state index contributed by atoms with van der Waals surface area (Å²) in [5, 5.41) is 36.2.